The van der Waals surface area contributed by atoms with Crippen LogP contribution in [-0.4, -0.2) is 31.2 Å². The van der Waals surface area contributed by atoms with Gasteiger partial charge in [0.15, 0.2) is 0 Å². The van der Waals surface area contributed by atoms with Crippen molar-refractivity contribution in [3.05, 3.63) is 71.0 Å². The summed E-state index contributed by atoms with van der Waals surface area (Å²) in [5, 5.41) is 11.8. The lowest BCUT2D eigenvalue weighted by atomic mass is 10.1. The van der Waals surface area contributed by atoms with E-state index in [2.05, 4.69) is 10.4 Å². The van der Waals surface area contributed by atoms with Crippen LogP contribution in [-0.2, 0) is 21.4 Å². The van der Waals surface area contributed by atoms with E-state index in [0.717, 1.165) is 10.2 Å². The number of anilines is 1. The van der Waals surface area contributed by atoms with E-state index in [1.54, 1.807) is 37.4 Å². The number of nitrogens with zero attached hydrogens (tertiary/aromatic N) is 2. The topological polar surface area (TPSA) is 133 Å². The minimum atomic E-state index is -3.81. The molecule has 0 atom stereocenters. The smallest absolute Gasteiger partial charge is 0.267 e. The lowest BCUT2D eigenvalue weighted by molar-refractivity contribution is -0.117. The second-order valence-electron chi connectivity index (χ2n) is 6.06. The van der Waals surface area contributed by atoms with Crippen molar-refractivity contribution >= 4 is 21.6 Å². The van der Waals surface area contributed by atoms with Crippen LogP contribution < -0.4 is 20.8 Å². The molecule has 0 aliphatic heterocycles. The molecule has 1 aromatic heterocycles. The number of carbonyl (C=O) groups excluding carboxylic acids is 1. The van der Waals surface area contributed by atoms with E-state index < -0.39 is 21.5 Å². The van der Waals surface area contributed by atoms with Gasteiger partial charge in [-0.1, -0.05) is 0 Å². The zero-order valence-electron chi connectivity index (χ0n) is 15.4. The molecule has 1 heterocycles. The molecule has 0 unspecified atom stereocenters. The van der Waals surface area contributed by atoms with Gasteiger partial charge in [0.05, 0.1) is 17.7 Å². The van der Waals surface area contributed by atoms with Crippen LogP contribution >= 0.6 is 0 Å². The number of methoxy groups -OCH3 is 1. The van der Waals surface area contributed by atoms with Crippen molar-refractivity contribution in [2.24, 2.45) is 5.14 Å². The van der Waals surface area contributed by atoms with Gasteiger partial charge in [-0.25, -0.2) is 18.2 Å². The van der Waals surface area contributed by atoms with Gasteiger partial charge in [-0.2, -0.15) is 5.10 Å². The Morgan fingerprint density at radius 1 is 1.07 bits per heavy atom. The fourth-order valence-electron chi connectivity index (χ4n) is 2.54. The summed E-state index contributed by atoms with van der Waals surface area (Å²) in [5.74, 6) is 0.199. The Hall–Kier alpha value is -3.50. The van der Waals surface area contributed by atoms with E-state index >= 15 is 0 Å². The predicted octanol–water partition coefficient (Wildman–Crippen LogP) is 1.20. The normalized spacial score (nSPS) is 11.1. The molecular formula is C19H18N4O5S. The molecule has 3 N–H and O–H groups in total. The molecule has 150 valence electrons. The minimum absolute atomic E-state index is 0.0689. The number of primary sulfonamides is 1. The molecule has 0 aliphatic carbocycles. The third-order valence-electron chi connectivity index (χ3n) is 4.01. The van der Waals surface area contributed by atoms with Gasteiger partial charge >= 0.3 is 0 Å². The summed E-state index contributed by atoms with van der Waals surface area (Å²) in [6, 6.07) is 15.4. The molecule has 0 spiro atoms. The number of carbonyl (C=O) groups is 1. The van der Waals surface area contributed by atoms with Crippen LogP contribution in [0.1, 0.15) is 0 Å². The molecule has 2 aromatic carbocycles. The van der Waals surface area contributed by atoms with Gasteiger partial charge in [0.1, 0.15) is 12.3 Å². The Labute approximate surface area is 166 Å². The molecule has 0 radical (unpaired) electrons. The Kier molecular flexibility index (Phi) is 5.76. The Morgan fingerprint density at radius 2 is 1.72 bits per heavy atom. The molecule has 1 amide bonds. The van der Waals surface area contributed by atoms with E-state index in [0.29, 0.717) is 17.1 Å². The van der Waals surface area contributed by atoms with Crippen LogP contribution in [0, 0.1) is 0 Å². The molecule has 0 aliphatic rings. The van der Waals surface area contributed by atoms with Crippen molar-refractivity contribution in [2.75, 3.05) is 12.4 Å². The lowest BCUT2D eigenvalue weighted by Gasteiger charge is -2.09. The summed E-state index contributed by atoms with van der Waals surface area (Å²) in [5.41, 5.74) is 1.22. The largest absolute Gasteiger partial charge is 0.497 e. The molecule has 3 aromatic rings. The first-order valence-corrected chi connectivity index (χ1v) is 9.96. The molecule has 3 rings (SSSR count). The third kappa shape index (κ3) is 5.06. The third-order valence-corrected chi connectivity index (χ3v) is 4.94. The number of nitrogens with two attached hydrogens (primary N) is 1. The number of nitrogens with one attached hydrogen (secondary N) is 1. The number of sulfonamides is 1. The van der Waals surface area contributed by atoms with Crippen LogP contribution in [0.15, 0.2) is 70.4 Å². The molecule has 0 bridgehead atoms. The van der Waals surface area contributed by atoms with Gasteiger partial charge in [0, 0.05) is 17.3 Å². The van der Waals surface area contributed by atoms with Gasteiger partial charge in [-0.05, 0) is 54.6 Å². The van der Waals surface area contributed by atoms with E-state index in [9.17, 15) is 18.0 Å². The summed E-state index contributed by atoms with van der Waals surface area (Å²) in [6.07, 6.45) is 0. The molecule has 29 heavy (non-hydrogen) atoms. The Morgan fingerprint density at radius 3 is 2.31 bits per heavy atom. The predicted molar refractivity (Wildman–Crippen MR) is 107 cm³/mol. The number of aromatic nitrogens is 2. The fourth-order valence-corrected chi connectivity index (χ4v) is 3.06. The number of hydrogen-bond acceptors (Lipinski definition) is 6. The highest BCUT2D eigenvalue weighted by Gasteiger charge is 2.10. The van der Waals surface area contributed by atoms with Crippen molar-refractivity contribution in [1.82, 2.24) is 9.78 Å². The van der Waals surface area contributed by atoms with Crippen molar-refractivity contribution in [3.8, 4) is 17.0 Å². The van der Waals surface area contributed by atoms with E-state index in [1.807, 2.05) is 0 Å². The van der Waals surface area contributed by atoms with Gasteiger partial charge in [0.25, 0.3) is 5.56 Å². The molecule has 0 fully saturated rings. The number of hydrogen-bond donors (Lipinski definition) is 2. The molecule has 10 heteroatoms. The van der Waals surface area contributed by atoms with Crippen molar-refractivity contribution in [3.63, 3.8) is 0 Å². The van der Waals surface area contributed by atoms with E-state index in [4.69, 9.17) is 9.88 Å². The highest BCUT2D eigenvalue weighted by Crippen LogP contribution is 2.19. The van der Waals surface area contributed by atoms with E-state index in [-0.39, 0.29) is 11.4 Å². The monoisotopic (exact) mass is 414 g/mol. The number of amides is 1. The average molecular weight is 414 g/mol. The van der Waals surface area contributed by atoms with Crippen molar-refractivity contribution in [1.29, 1.82) is 0 Å². The molecule has 0 saturated heterocycles. The highest BCUT2D eigenvalue weighted by atomic mass is 32.2. The summed E-state index contributed by atoms with van der Waals surface area (Å²) >= 11 is 0. The standard InChI is InChI=1S/C19H18N4O5S/c1-28-15-6-2-13(3-7-15)17-10-11-19(25)23(22-17)12-18(24)21-14-4-8-16(9-5-14)29(20,26)27/h2-11H,12H2,1H3,(H,21,24)(H2,20,26,27). The van der Waals surface area contributed by atoms with Crippen LogP contribution in [0.25, 0.3) is 11.3 Å². The fraction of sp³-hybridized carbons (Fsp3) is 0.105. The number of ether oxygens (including phenoxy) is 1. The molecule has 9 nitrogen and oxygen atoms in total. The van der Waals surface area contributed by atoms with Crippen LogP contribution in [0.2, 0.25) is 0 Å². The van der Waals surface area contributed by atoms with Crippen molar-refractivity contribution in [2.45, 2.75) is 11.4 Å². The summed E-state index contributed by atoms with van der Waals surface area (Å²) in [4.78, 5) is 24.3. The van der Waals surface area contributed by atoms with Gasteiger partial charge in [-0.15, -0.1) is 0 Å². The zero-order chi connectivity index (χ0) is 21.0. The van der Waals surface area contributed by atoms with Crippen LogP contribution in [0.5, 0.6) is 5.75 Å². The summed E-state index contributed by atoms with van der Waals surface area (Å²) < 4.78 is 28.7. The SMILES string of the molecule is COc1ccc(-c2ccc(=O)n(CC(=O)Nc3ccc(S(N)(=O)=O)cc3)n2)cc1. The van der Waals surface area contributed by atoms with Gasteiger partial charge < -0.3 is 10.1 Å². The molecular weight excluding hydrogens is 396 g/mol. The number of benzene rings is 2. The second-order valence-corrected chi connectivity index (χ2v) is 7.62. The first-order chi connectivity index (χ1) is 13.8. The van der Waals surface area contributed by atoms with Gasteiger partial charge in [-0.3, -0.25) is 9.59 Å². The average Bonchev–Trinajstić information content (AvgIpc) is 2.69. The maximum Gasteiger partial charge on any atom is 0.267 e. The lowest BCUT2D eigenvalue weighted by Crippen LogP contribution is -2.29. The first-order valence-electron chi connectivity index (χ1n) is 8.41. The first kappa shape index (κ1) is 20.2. The summed E-state index contributed by atoms with van der Waals surface area (Å²) in [6.45, 7) is -0.306. The maximum atomic E-state index is 12.3. The summed E-state index contributed by atoms with van der Waals surface area (Å²) in [7, 11) is -2.25. The number of rotatable bonds is 6. The minimum Gasteiger partial charge on any atom is -0.497 e. The van der Waals surface area contributed by atoms with Crippen molar-refractivity contribution < 1.29 is 17.9 Å². The Bertz CT molecular complexity index is 1190. The highest BCUT2D eigenvalue weighted by molar-refractivity contribution is 7.89. The van der Waals surface area contributed by atoms with Gasteiger partial charge in [0.2, 0.25) is 15.9 Å². The van der Waals surface area contributed by atoms with Crippen LogP contribution in [0.4, 0.5) is 5.69 Å². The second kappa shape index (κ2) is 8.25. The molecule has 0 saturated carbocycles. The Balaban J connectivity index is 1.75. The van der Waals surface area contributed by atoms with Crippen LogP contribution in [0.3, 0.4) is 0 Å². The zero-order valence-corrected chi connectivity index (χ0v) is 16.2. The quantitative estimate of drug-likeness (QED) is 0.623. The maximum absolute atomic E-state index is 12.3. The van der Waals surface area contributed by atoms with E-state index in [1.165, 1.54) is 30.3 Å².